The number of nitrogens with one attached hydrogen (secondary N) is 1. The molecule has 0 fully saturated rings. The van der Waals surface area contributed by atoms with Gasteiger partial charge in [-0.3, -0.25) is 13.9 Å². The van der Waals surface area contributed by atoms with Gasteiger partial charge in [-0.1, -0.05) is 72.8 Å². The lowest BCUT2D eigenvalue weighted by atomic mass is 10.0. The average molecular weight is 632 g/mol. The molecule has 1 atom stereocenters. The van der Waals surface area contributed by atoms with Crippen LogP contribution in [0.1, 0.15) is 31.9 Å². The van der Waals surface area contributed by atoms with E-state index in [0.29, 0.717) is 5.56 Å². The molecule has 0 aliphatic carbocycles. The van der Waals surface area contributed by atoms with Gasteiger partial charge in [-0.2, -0.15) is 0 Å². The molecule has 45 heavy (non-hydrogen) atoms. The third-order valence-electron chi connectivity index (χ3n) is 7.00. The Kier molecular flexibility index (Phi) is 10.6. The molecule has 4 rings (SSSR count). The number of sulfonamides is 1. The van der Waals surface area contributed by atoms with Crippen LogP contribution in [0.4, 0.5) is 10.1 Å². The number of benzene rings is 4. The molecular weight excluding hydrogens is 593 g/mol. The average Bonchev–Trinajstić information content (AvgIpc) is 3.02. The number of anilines is 1. The van der Waals surface area contributed by atoms with Crippen LogP contribution in [0.15, 0.2) is 114 Å². The minimum atomic E-state index is -4.27. The Balaban J connectivity index is 1.83. The van der Waals surface area contributed by atoms with Crippen LogP contribution in [0.5, 0.6) is 5.75 Å². The predicted molar refractivity (Wildman–Crippen MR) is 173 cm³/mol. The Hall–Kier alpha value is -4.70. The number of nitrogens with zero attached hydrogens (tertiary/aromatic N) is 2. The standard InChI is InChI=1S/C35H38FN3O5S/c1-35(2,3)37-34(41)31(23-26-13-7-5-8-14-26)38(24-27-19-21-28(36)22-20-27)33(40)25-39(30-17-11-12-18-32(30)44-4)45(42,43)29-15-9-6-10-16-29/h5-22,31H,23-25H2,1-4H3,(H,37,41)/t31-/m1/s1. The van der Waals surface area contributed by atoms with Crippen LogP contribution in [0.2, 0.25) is 0 Å². The molecule has 10 heteroatoms. The molecule has 0 radical (unpaired) electrons. The van der Waals surface area contributed by atoms with Crippen molar-refractivity contribution in [2.75, 3.05) is 18.0 Å². The van der Waals surface area contributed by atoms with Crippen molar-refractivity contribution in [2.24, 2.45) is 0 Å². The Bertz CT molecular complexity index is 1690. The Morgan fingerprint density at radius 2 is 1.40 bits per heavy atom. The van der Waals surface area contributed by atoms with Crippen LogP contribution in [-0.4, -0.2) is 50.4 Å². The molecule has 0 heterocycles. The molecule has 2 amide bonds. The maximum Gasteiger partial charge on any atom is 0.264 e. The van der Waals surface area contributed by atoms with E-state index >= 15 is 0 Å². The van der Waals surface area contributed by atoms with Crippen molar-refractivity contribution in [3.63, 3.8) is 0 Å². The lowest BCUT2D eigenvalue weighted by molar-refractivity contribution is -0.140. The summed E-state index contributed by atoms with van der Waals surface area (Å²) in [5.41, 5.74) is 0.928. The topological polar surface area (TPSA) is 96.0 Å². The molecule has 0 spiro atoms. The Morgan fingerprint density at radius 3 is 2.00 bits per heavy atom. The normalized spacial score (nSPS) is 12.2. The zero-order valence-electron chi connectivity index (χ0n) is 25.8. The van der Waals surface area contributed by atoms with Gasteiger partial charge in [-0.15, -0.1) is 0 Å². The molecule has 0 bridgehead atoms. The van der Waals surface area contributed by atoms with Gasteiger partial charge in [-0.05, 0) is 68.3 Å². The molecule has 0 saturated heterocycles. The second-order valence-corrected chi connectivity index (χ2v) is 13.5. The van der Waals surface area contributed by atoms with E-state index < -0.39 is 45.8 Å². The van der Waals surface area contributed by atoms with E-state index in [1.165, 1.54) is 48.4 Å². The number of halogens is 1. The van der Waals surface area contributed by atoms with Gasteiger partial charge >= 0.3 is 0 Å². The number of para-hydroxylation sites is 2. The summed E-state index contributed by atoms with van der Waals surface area (Å²) >= 11 is 0. The summed E-state index contributed by atoms with van der Waals surface area (Å²) in [6, 6.07) is 28.2. The van der Waals surface area contributed by atoms with Crippen LogP contribution in [0.25, 0.3) is 0 Å². The van der Waals surface area contributed by atoms with E-state index in [0.717, 1.165) is 9.87 Å². The third-order valence-corrected chi connectivity index (χ3v) is 8.77. The first-order valence-electron chi connectivity index (χ1n) is 14.5. The summed E-state index contributed by atoms with van der Waals surface area (Å²) in [7, 11) is -2.85. The van der Waals surface area contributed by atoms with Gasteiger partial charge < -0.3 is 15.0 Å². The van der Waals surface area contributed by atoms with E-state index in [1.807, 2.05) is 51.1 Å². The monoisotopic (exact) mass is 631 g/mol. The van der Waals surface area contributed by atoms with Gasteiger partial charge in [0.15, 0.2) is 0 Å². The van der Waals surface area contributed by atoms with E-state index in [4.69, 9.17) is 4.74 Å². The van der Waals surface area contributed by atoms with Crippen LogP contribution >= 0.6 is 0 Å². The molecule has 236 valence electrons. The minimum absolute atomic E-state index is 0.0138. The summed E-state index contributed by atoms with van der Waals surface area (Å²) in [6.45, 7) is 4.82. The second kappa shape index (κ2) is 14.4. The van der Waals surface area contributed by atoms with E-state index in [1.54, 1.807) is 42.5 Å². The van der Waals surface area contributed by atoms with Gasteiger partial charge in [0.2, 0.25) is 11.8 Å². The molecular formula is C35H38FN3O5S. The first-order valence-corrected chi connectivity index (χ1v) is 15.9. The van der Waals surface area contributed by atoms with Gasteiger partial charge in [0, 0.05) is 18.5 Å². The predicted octanol–water partition coefficient (Wildman–Crippen LogP) is 5.58. The first kappa shape index (κ1) is 33.2. The molecule has 0 aromatic heterocycles. The molecule has 4 aromatic rings. The highest BCUT2D eigenvalue weighted by Crippen LogP contribution is 2.32. The van der Waals surface area contributed by atoms with Crippen LogP contribution in [0.3, 0.4) is 0 Å². The molecule has 1 N–H and O–H groups in total. The molecule has 0 unspecified atom stereocenters. The number of rotatable bonds is 12. The van der Waals surface area contributed by atoms with Crippen molar-refractivity contribution in [1.82, 2.24) is 10.2 Å². The number of carbonyl (C=O) groups is 2. The van der Waals surface area contributed by atoms with Crippen LogP contribution in [0, 0.1) is 5.82 Å². The molecule has 0 aliphatic rings. The molecule has 4 aromatic carbocycles. The summed E-state index contributed by atoms with van der Waals surface area (Å²) in [4.78, 5) is 29.8. The number of methoxy groups -OCH3 is 1. The lowest BCUT2D eigenvalue weighted by Crippen LogP contribution is -2.56. The number of hydrogen-bond donors (Lipinski definition) is 1. The van der Waals surface area contributed by atoms with Gasteiger partial charge in [0.25, 0.3) is 10.0 Å². The largest absolute Gasteiger partial charge is 0.495 e. The summed E-state index contributed by atoms with van der Waals surface area (Å²) < 4.78 is 48.6. The third kappa shape index (κ3) is 8.69. The van der Waals surface area contributed by atoms with E-state index in [-0.39, 0.29) is 29.3 Å². The number of hydrogen-bond acceptors (Lipinski definition) is 5. The molecule has 0 saturated carbocycles. The first-order chi connectivity index (χ1) is 21.4. The van der Waals surface area contributed by atoms with Gasteiger partial charge in [-0.25, -0.2) is 12.8 Å². The number of ether oxygens (including phenoxy) is 1. The summed E-state index contributed by atoms with van der Waals surface area (Å²) in [5.74, 6) is -1.23. The van der Waals surface area contributed by atoms with Crippen molar-refractivity contribution in [1.29, 1.82) is 0 Å². The van der Waals surface area contributed by atoms with Gasteiger partial charge in [0.05, 0.1) is 17.7 Å². The quantitative estimate of drug-likeness (QED) is 0.220. The fourth-order valence-corrected chi connectivity index (χ4v) is 6.31. The zero-order chi connectivity index (χ0) is 32.6. The van der Waals surface area contributed by atoms with Crippen LogP contribution < -0.4 is 14.4 Å². The Labute approximate surface area is 264 Å². The van der Waals surface area contributed by atoms with Crippen molar-refractivity contribution >= 4 is 27.5 Å². The van der Waals surface area contributed by atoms with Gasteiger partial charge in [0.1, 0.15) is 24.2 Å². The van der Waals surface area contributed by atoms with E-state index in [9.17, 15) is 22.4 Å². The highest BCUT2D eigenvalue weighted by atomic mass is 32.2. The lowest BCUT2D eigenvalue weighted by Gasteiger charge is -2.35. The van der Waals surface area contributed by atoms with Crippen LogP contribution in [-0.2, 0) is 32.6 Å². The Morgan fingerprint density at radius 1 is 0.822 bits per heavy atom. The number of carbonyl (C=O) groups excluding carboxylic acids is 2. The van der Waals surface area contributed by atoms with Crippen molar-refractivity contribution in [2.45, 2.75) is 50.2 Å². The minimum Gasteiger partial charge on any atom is -0.495 e. The van der Waals surface area contributed by atoms with Crippen molar-refractivity contribution < 1.29 is 27.1 Å². The highest BCUT2D eigenvalue weighted by Gasteiger charge is 2.36. The van der Waals surface area contributed by atoms with Crippen molar-refractivity contribution in [3.05, 3.63) is 126 Å². The summed E-state index contributed by atoms with van der Waals surface area (Å²) in [6.07, 6.45) is 0.162. The maximum absolute atomic E-state index is 14.5. The highest BCUT2D eigenvalue weighted by molar-refractivity contribution is 7.92. The number of amides is 2. The maximum atomic E-state index is 14.5. The van der Waals surface area contributed by atoms with Crippen molar-refractivity contribution in [3.8, 4) is 5.75 Å². The molecule has 8 nitrogen and oxygen atoms in total. The second-order valence-electron chi connectivity index (χ2n) is 11.6. The molecule has 0 aliphatic heterocycles. The van der Waals surface area contributed by atoms with E-state index in [2.05, 4.69) is 5.32 Å². The zero-order valence-corrected chi connectivity index (χ0v) is 26.6. The fourth-order valence-electron chi connectivity index (χ4n) is 4.86. The fraction of sp³-hybridized carbons (Fsp3) is 0.257. The summed E-state index contributed by atoms with van der Waals surface area (Å²) in [5, 5.41) is 2.98. The SMILES string of the molecule is COc1ccccc1N(CC(=O)N(Cc1ccc(F)cc1)[C@H](Cc1ccccc1)C(=O)NC(C)(C)C)S(=O)(=O)c1ccccc1. The smallest absolute Gasteiger partial charge is 0.264 e.